The number of nitrogens with one attached hydrogen (secondary N) is 3. The molecular formula is C19H34IN5O2. The Hall–Kier alpha value is -1.29. The van der Waals surface area contributed by atoms with E-state index < -0.39 is 0 Å². The van der Waals surface area contributed by atoms with Gasteiger partial charge in [-0.3, -0.25) is 14.7 Å². The molecule has 154 valence electrons. The van der Waals surface area contributed by atoms with Gasteiger partial charge in [0.25, 0.3) is 0 Å². The van der Waals surface area contributed by atoms with Crippen LogP contribution in [0.2, 0.25) is 0 Å². The molecule has 1 aliphatic rings. The molecule has 0 bridgehead atoms. The van der Waals surface area contributed by atoms with Crippen molar-refractivity contribution < 1.29 is 9.21 Å². The summed E-state index contributed by atoms with van der Waals surface area (Å²) >= 11 is 0. The van der Waals surface area contributed by atoms with Crippen molar-refractivity contribution in [3.8, 4) is 0 Å². The molecule has 0 atom stereocenters. The minimum absolute atomic E-state index is 0. The number of guanidine groups is 1. The lowest BCUT2D eigenvalue weighted by Gasteiger charge is -2.32. The Morgan fingerprint density at radius 1 is 1.30 bits per heavy atom. The molecule has 1 aromatic heterocycles. The van der Waals surface area contributed by atoms with Crippen LogP contribution in [-0.2, 0) is 11.2 Å². The Kier molecular flexibility index (Phi) is 12.2. The van der Waals surface area contributed by atoms with Crippen LogP contribution in [0.3, 0.4) is 0 Å². The molecule has 0 aromatic carbocycles. The largest absolute Gasteiger partial charge is 0.469 e. The number of carbonyl (C=O) groups excluding carboxylic acids is 1. The molecule has 1 aromatic rings. The maximum atomic E-state index is 11.8. The first-order valence-electron chi connectivity index (χ1n) is 9.77. The molecule has 0 aliphatic carbocycles. The summed E-state index contributed by atoms with van der Waals surface area (Å²) in [6.45, 7) is 8.80. The molecule has 8 heteroatoms. The Morgan fingerprint density at radius 3 is 2.70 bits per heavy atom. The van der Waals surface area contributed by atoms with Crippen LogP contribution in [0.25, 0.3) is 0 Å². The third-order valence-electron chi connectivity index (χ3n) is 4.42. The minimum Gasteiger partial charge on any atom is -0.469 e. The normalized spacial score (nSPS) is 15.9. The Morgan fingerprint density at radius 2 is 2.07 bits per heavy atom. The smallest absolute Gasteiger partial charge is 0.234 e. The Labute approximate surface area is 179 Å². The number of furan rings is 1. The van der Waals surface area contributed by atoms with Crippen molar-refractivity contribution >= 4 is 35.8 Å². The zero-order chi connectivity index (χ0) is 18.6. The molecule has 1 fully saturated rings. The summed E-state index contributed by atoms with van der Waals surface area (Å²) in [4.78, 5) is 18.7. The molecule has 2 rings (SSSR count). The first-order chi connectivity index (χ1) is 12.7. The molecule has 1 amide bonds. The van der Waals surface area contributed by atoms with E-state index in [1.165, 1.54) is 0 Å². The number of aliphatic imine (C=N–C) groups is 1. The van der Waals surface area contributed by atoms with E-state index in [0.29, 0.717) is 19.1 Å². The van der Waals surface area contributed by atoms with Crippen LogP contribution in [0, 0.1) is 0 Å². The van der Waals surface area contributed by atoms with Gasteiger partial charge in [0.1, 0.15) is 5.76 Å². The standard InChI is InChI=1S/C19H33N5O2.HI/c1-3-10-21-18(25)15-24-12-8-16(9-13-24)23-19(20-4-2)22-11-7-17-6-5-14-26-17;/h5-6,14,16H,3-4,7-13,15H2,1-2H3,(H,21,25)(H2,20,22,23);1H. The SMILES string of the molecule is CCCNC(=O)CN1CCC(NC(=NCCc2ccco2)NCC)CC1.I. The van der Waals surface area contributed by atoms with Crippen LogP contribution < -0.4 is 16.0 Å². The molecule has 0 radical (unpaired) electrons. The molecule has 1 aliphatic heterocycles. The third kappa shape index (κ3) is 9.46. The van der Waals surface area contributed by atoms with Crippen molar-refractivity contribution in [3.05, 3.63) is 24.2 Å². The molecule has 0 unspecified atom stereocenters. The second-order valence-electron chi connectivity index (χ2n) is 6.63. The first kappa shape index (κ1) is 23.7. The van der Waals surface area contributed by atoms with E-state index in [0.717, 1.165) is 63.6 Å². The second kappa shape index (κ2) is 13.8. The highest BCUT2D eigenvalue weighted by Gasteiger charge is 2.21. The summed E-state index contributed by atoms with van der Waals surface area (Å²) in [5.41, 5.74) is 0. The number of nitrogens with zero attached hydrogens (tertiary/aromatic N) is 2. The number of amides is 1. The zero-order valence-corrected chi connectivity index (χ0v) is 18.8. The summed E-state index contributed by atoms with van der Waals surface area (Å²) in [7, 11) is 0. The van der Waals surface area contributed by atoms with Gasteiger partial charge in [-0.25, -0.2) is 0 Å². The van der Waals surface area contributed by atoms with Crippen molar-refractivity contribution in [1.82, 2.24) is 20.9 Å². The maximum Gasteiger partial charge on any atom is 0.234 e. The van der Waals surface area contributed by atoms with E-state index in [9.17, 15) is 4.79 Å². The number of rotatable bonds is 9. The van der Waals surface area contributed by atoms with Gasteiger partial charge in [-0.15, -0.1) is 24.0 Å². The number of halogens is 1. The van der Waals surface area contributed by atoms with Gasteiger partial charge in [-0.1, -0.05) is 6.92 Å². The molecule has 27 heavy (non-hydrogen) atoms. The second-order valence-corrected chi connectivity index (χ2v) is 6.63. The molecule has 0 spiro atoms. The van der Waals surface area contributed by atoms with Crippen molar-refractivity contribution in [3.63, 3.8) is 0 Å². The van der Waals surface area contributed by atoms with E-state index in [1.807, 2.05) is 12.1 Å². The van der Waals surface area contributed by atoms with Gasteiger partial charge >= 0.3 is 0 Å². The molecular weight excluding hydrogens is 457 g/mol. The van der Waals surface area contributed by atoms with Gasteiger partial charge in [0, 0.05) is 45.2 Å². The fourth-order valence-electron chi connectivity index (χ4n) is 3.00. The highest BCUT2D eigenvalue weighted by molar-refractivity contribution is 14.0. The summed E-state index contributed by atoms with van der Waals surface area (Å²) in [6.07, 6.45) is 5.51. The van der Waals surface area contributed by atoms with E-state index in [1.54, 1.807) is 6.26 Å². The highest BCUT2D eigenvalue weighted by atomic mass is 127. The van der Waals surface area contributed by atoms with Gasteiger partial charge in [0.2, 0.25) is 5.91 Å². The van der Waals surface area contributed by atoms with Crippen molar-refractivity contribution in [2.24, 2.45) is 4.99 Å². The average Bonchev–Trinajstić information content (AvgIpc) is 3.15. The van der Waals surface area contributed by atoms with Gasteiger partial charge in [0.05, 0.1) is 12.8 Å². The van der Waals surface area contributed by atoms with E-state index in [4.69, 9.17) is 4.42 Å². The topological polar surface area (TPSA) is 81.9 Å². The molecule has 3 N–H and O–H groups in total. The first-order valence-corrected chi connectivity index (χ1v) is 9.77. The zero-order valence-electron chi connectivity index (χ0n) is 16.5. The summed E-state index contributed by atoms with van der Waals surface area (Å²) in [5.74, 6) is 1.95. The van der Waals surface area contributed by atoms with Crippen LogP contribution >= 0.6 is 24.0 Å². The quantitative estimate of drug-likeness (QED) is 0.280. The molecule has 1 saturated heterocycles. The summed E-state index contributed by atoms with van der Waals surface area (Å²) < 4.78 is 5.34. The van der Waals surface area contributed by atoms with Crippen LogP contribution in [0.5, 0.6) is 0 Å². The lowest BCUT2D eigenvalue weighted by Crippen LogP contribution is -2.50. The lowest BCUT2D eigenvalue weighted by molar-refractivity contribution is -0.122. The molecule has 7 nitrogen and oxygen atoms in total. The van der Waals surface area contributed by atoms with Gasteiger partial charge in [-0.05, 0) is 38.3 Å². The lowest BCUT2D eigenvalue weighted by atomic mass is 10.1. The van der Waals surface area contributed by atoms with Crippen molar-refractivity contribution in [2.75, 3.05) is 39.3 Å². The third-order valence-corrected chi connectivity index (χ3v) is 4.42. The number of likely N-dealkylation sites (tertiary alicyclic amines) is 1. The molecule has 2 heterocycles. The van der Waals surface area contributed by atoms with Crippen LogP contribution in [0.15, 0.2) is 27.8 Å². The van der Waals surface area contributed by atoms with Gasteiger partial charge in [-0.2, -0.15) is 0 Å². The summed E-state index contributed by atoms with van der Waals surface area (Å²) in [5, 5.41) is 9.77. The monoisotopic (exact) mass is 491 g/mol. The number of carbonyl (C=O) groups is 1. The number of hydrogen-bond donors (Lipinski definition) is 3. The van der Waals surface area contributed by atoms with E-state index in [2.05, 4.69) is 39.7 Å². The predicted molar refractivity (Wildman–Crippen MR) is 120 cm³/mol. The van der Waals surface area contributed by atoms with E-state index >= 15 is 0 Å². The van der Waals surface area contributed by atoms with Crippen LogP contribution in [-0.4, -0.2) is 62.1 Å². The van der Waals surface area contributed by atoms with Crippen molar-refractivity contribution in [1.29, 1.82) is 0 Å². The Bertz CT molecular complexity index is 542. The van der Waals surface area contributed by atoms with Crippen LogP contribution in [0.1, 0.15) is 38.9 Å². The number of piperidine rings is 1. The van der Waals surface area contributed by atoms with Gasteiger partial charge < -0.3 is 20.4 Å². The minimum atomic E-state index is 0. The average molecular weight is 491 g/mol. The maximum absolute atomic E-state index is 11.8. The molecule has 0 saturated carbocycles. The Balaban J connectivity index is 0.00000364. The number of hydrogen-bond acceptors (Lipinski definition) is 4. The fraction of sp³-hybridized carbons (Fsp3) is 0.684. The summed E-state index contributed by atoms with van der Waals surface area (Å²) in [6, 6.07) is 4.27. The van der Waals surface area contributed by atoms with Crippen LogP contribution in [0.4, 0.5) is 0 Å². The van der Waals surface area contributed by atoms with Crippen molar-refractivity contribution in [2.45, 2.75) is 45.6 Å². The fourth-order valence-corrected chi connectivity index (χ4v) is 3.00. The van der Waals surface area contributed by atoms with Gasteiger partial charge in [0.15, 0.2) is 5.96 Å². The predicted octanol–water partition coefficient (Wildman–Crippen LogP) is 1.99. The highest BCUT2D eigenvalue weighted by Crippen LogP contribution is 2.10. The van der Waals surface area contributed by atoms with E-state index in [-0.39, 0.29) is 29.9 Å².